The Bertz CT molecular complexity index is 906. The lowest BCUT2D eigenvalue weighted by Gasteiger charge is -2.46. The minimum Gasteiger partial charge on any atom is -0.445 e. The lowest BCUT2D eigenvalue weighted by atomic mass is 9.77. The van der Waals surface area contributed by atoms with Crippen molar-refractivity contribution < 1.29 is 14.3 Å². The van der Waals surface area contributed by atoms with Crippen LogP contribution in [-0.2, 0) is 21.7 Å². The number of carbonyl (C=O) groups excluding carboxylic acids is 2. The maximum Gasteiger partial charge on any atom is 0.410 e. The second-order valence-corrected chi connectivity index (χ2v) is 7.45. The summed E-state index contributed by atoms with van der Waals surface area (Å²) >= 11 is 0. The van der Waals surface area contributed by atoms with Crippen molar-refractivity contribution >= 4 is 17.6 Å². The van der Waals surface area contributed by atoms with Crippen LogP contribution in [0.1, 0.15) is 37.3 Å². The van der Waals surface area contributed by atoms with Gasteiger partial charge in [0.15, 0.2) is 5.69 Å². The van der Waals surface area contributed by atoms with Crippen LogP contribution in [0.25, 0.3) is 4.85 Å². The molecule has 156 valence electrons. The number of benzene rings is 2. The molecule has 1 heterocycles. The van der Waals surface area contributed by atoms with Crippen LogP contribution in [-0.4, -0.2) is 36.4 Å². The molecule has 0 aromatic heterocycles. The zero-order valence-corrected chi connectivity index (χ0v) is 17.3. The Kier molecular flexibility index (Phi) is 7.21. The Hall–Kier alpha value is -3.17. The first-order chi connectivity index (χ1) is 14.6. The van der Waals surface area contributed by atoms with Gasteiger partial charge >= 0.3 is 6.09 Å². The molecule has 1 amide bonds. The van der Waals surface area contributed by atoms with Gasteiger partial charge in [-0.05, 0) is 30.6 Å². The number of nitrogens with zero attached hydrogens (tertiary/aromatic N) is 2. The largest absolute Gasteiger partial charge is 0.445 e. The number of carbonyl (C=O) groups is 2. The van der Waals surface area contributed by atoms with Gasteiger partial charge in [0, 0.05) is 19.4 Å². The van der Waals surface area contributed by atoms with Crippen LogP contribution in [0.2, 0.25) is 0 Å². The molecule has 30 heavy (non-hydrogen) atoms. The van der Waals surface area contributed by atoms with Crippen LogP contribution in [0.4, 0.5) is 10.5 Å². The van der Waals surface area contributed by atoms with E-state index in [9.17, 15) is 9.59 Å². The van der Waals surface area contributed by atoms with Gasteiger partial charge in [-0.2, -0.15) is 0 Å². The molecule has 1 aliphatic heterocycles. The van der Waals surface area contributed by atoms with Crippen molar-refractivity contribution in [1.82, 2.24) is 10.2 Å². The number of hydrogen-bond acceptors (Lipinski definition) is 4. The summed E-state index contributed by atoms with van der Waals surface area (Å²) < 4.78 is 5.64. The molecule has 3 rings (SSSR count). The first kappa shape index (κ1) is 21.5. The molecule has 6 nitrogen and oxygen atoms in total. The van der Waals surface area contributed by atoms with E-state index in [1.807, 2.05) is 49.4 Å². The Labute approximate surface area is 177 Å². The number of hydrogen-bond donors (Lipinski definition) is 1. The Morgan fingerprint density at radius 2 is 1.93 bits per heavy atom. The third-order valence-electron chi connectivity index (χ3n) is 5.55. The van der Waals surface area contributed by atoms with Crippen molar-refractivity contribution in [3.63, 3.8) is 0 Å². The standard InChI is InChI=1S/C24H27N3O3/c1-3-26-15-14-24(20-9-11-21(25-2)12-10-20)17-22(28)13-16-27(24)23(29)30-18-19-7-5-4-6-8-19/h4-12,26H,3,13-18H2,1H3. The van der Waals surface area contributed by atoms with Crippen molar-refractivity contribution in [2.75, 3.05) is 19.6 Å². The third kappa shape index (κ3) is 4.87. The number of likely N-dealkylation sites (tertiary alicyclic amines) is 1. The van der Waals surface area contributed by atoms with Crippen molar-refractivity contribution in [2.45, 2.75) is 38.3 Å². The van der Waals surface area contributed by atoms with Gasteiger partial charge in [0.25, 0.3) is 0 Å². The first-order valence-electron chi connectivity index (χ1n) is 10.3. The quantitative estimate of drug-likeness (QED) is 0.547. The van der Waals surface area contributed by atoms with Crippen LogP contribution in [0.15, 0.2) is 54.6 Å². The highest BCUT2D eigenvalue weighted by Crippen LogP contribution is 2.40. The highest BCUT2D eigenvalue weighted by atomic mass is 16.6. The van der Waals surface area contributed by atoms with Gasteiger partial charge in [-0.15, -0.1) is 0 Å². The van der Waals surface area contributed by atoms with Crippen LogP contribution in [0.3, 0.4) is 0 Å². The van der Waals surface area contributed by atoms with Crippen molar-refractivity contribution in [3.05, 3.63) is 77.1 Å². The smallest absolute Gasteiger partial charge is 0.410 e. The summed E-state index contributed by atoms with van der Waals surface area (Å²) in [6.07, 6.45) is 0.738. The summed E-state index contributed by atoms with van der Waals surface area (Å²) in [7, 11) is 0. The van der Waals surface area contributed by atoms with Crippen molar-refractivity contribution in [2.24, 2.45) is 0 Å². The molecule has 1 unspecified atom stereocenters. The maximum absolute atomic E-state index is 13.1. The average Bonchev–Trinajstić information content (AvgIpc) is 2.78. The van der Waals surface area contributed by atoms with Crippen LogP contribution in [0, 0.1) is 6.57 Å². The molecule has 2 aromatic rings. The van der Waals surface area contributed by atoms with Gasteiger partial charge in [-0.3, -0.25) is 9.69 Å². The summed E-state index contributed by atoms with van der Waals surface area (Å²) in [6, 6.07) is 16.7. The lowest BCUT2D eigenvalue weighted by Crippen LogP contribution is -2.55. The fraction of sp³-hybridized carbons (Fsp3) is 0.375. The summed E-state index contributed by atoms with van der Waals surface area (Å²) in [5.74, 6) is 0.132. The van der Waals surface area contributed by atoms with E-state index in [4.69, 9.17) is 11.3 Å². The summed E-state index contributed by atoms with van der Waals surface area (Å²) in [6.45, 7) is 11.2. The SMILES string of the molecule is [C-]#[N+]c1ccc(C2(CCNCC)CC(=O)CCN2C(=O)OCc2ccccc2)cc1. The maximum atomic E-state index is 13.1. The number of rotatable bonds is 7. The number of Topliss-reactive ketones (excluding diaryl/α,β-unsaturated/α-hetero) is 1. The van der Waals surface area contributed by atoms with Gasteiger partial charge in [0.1, 0.15) is 12.4 Å². The predicted molar refractivity (Wildman–Crippen MR) is 115 cm³/mol. The highest BCUT2D eigenvalue weighted by molar-refractivity contribution is 5.84. The van der Waals surface area contributed by atoms with Crippen molar-refractivity contribution in [3.8, 4) is 0 Å². The molecule has 1 atom stereocenters. The fourth-order valence-electron chi connectivity index (χ4n) is 3.97. The zero-order chi connectivity index (χ0) is 21.4. The molecular formula is C24H27N3O3. The average molecular weight is 405 g/mol. The molecule has 0 saturated carbocycles. The summed E-state index contributed by atoms with van der Waals surface area (Å²) in [5, 5.41) is 3.31. The first-order valence-corrected chi connectivity index (χ1v) is 10.3. The minimum atomic E-state index is -0.786. The van der Waals surface area contributed by atoms with Crippen LogP contribution in [0.5, 0.6) is 0 Å². The summed E-state index contributed by atoms with van der Waals surface area (Å²) in [4.78, 5) is 30.8. The van der Waals surface area contributed by atoms with Gasteiger partial charge in [-0.25, -0.2) is 9.64 Å². The Morgan fingerprint density at radius 3 is 2.60 bits per heavy atom. The van der Waals surface area contributed by atoms with E-state index >= 15 is 0 Å². The molecule has 1 fully saturated rings. The van der Waals surface area contributed by atoms with Crippen LogP contribution >= 0.6 is 0 Å². The van der Waals surface area contributed by atoms with Crippen molar-refractivity contribution in [1.29, 1.82) is 0 Å². The second kappa shape index (κ2) is 10.0. The predicted octanol–water partition coefficient (Wildman–Crippen LogP) is 4.43. The van der Waals surface area contributed by atoms with Gasteiger partial charge in [0.2, 0.25) is 0 Å². The van der Waals surface area contributed by atoms with E-state index in [1.54, 1.807) is 17.0 Å². The number of nitrogens with one attached hydrogen (secondary N) is 1. The molecule has 2 aromatic carbocycles. The Balaban J connectivity index is 1.90. The normalized spacial score (nSPS) is 18.7. The molecule has 1 aliphatic rings. The highest BCUT2D eigenvalue weighted by Gasteiger charge is 2.46. The number of amides is 1. The Morgan fingerprint density at radius 1 is 1.20 bits per heavy atom. The monoisotopic (exact) mass is 405 g/mol. The molecule has 0 aliphatic carbocycles. The number of ether oxygens (including phenoxy) is 1. The molecule has 0 spiro atoms. The minimum absolute atomic E-state index is 0.132. The molecule has 0 bridgehead atoms. The molecule has 1 saturated heterocycles. The molecular weight excluding hydrogens is 378 g/mol. The van der Waals surface area contributed by atoms with E-state index in [0.717, 1.165) is 17.7 Å². The van der Waals surface area contributed by atoms with Gasteiger partial charge in [0.05, 0.1) is 12.1 Å². The molecule has 0 radical (unpaired) electrons. The number of ketones is 1. The molecule has 1 N–H and O–H groups in total. The topological polar surface area (TPSA) is 63.0 Å². The summed E-state index contributed by atoms with van der Waals surface area (Å²) in [5.41, 5.74) is 1.52. The van der Waals surface area contributed by atoms with Gasteiger partial charge < -0.3 is 10.1 Å². The van der Waals surface area contributed by atoms with E-state index in [2.05, 4.69) is 10.2 Å². The molecule has 6 heteroatoms. The van der Waals surface area contributed by atoms with E-state index in [0.29, 0.717) is 31.6 Å². The fourth-order valence-corrected chi connectivity index (χ4v) is 3.97. The van der Waals surface area contributed by atoms with E-state index in [-0.39, 0.29) is 18.8 Å². The van der Waals surface area contributed by atoms with E-state index < -0.39 is 11.6 Å². The second-order valence-electron chi connectivity index (χ2n) is 7.45. The third-order valence-corrected chi connectivity index (χ3v) is 5.55. The zero-order valence-electron chi connectivity index (χ0n) is 17.3. The van der Waals surface area contributed by atoms with Crippen LogP contribution < -0.4 is 5.32 Å². The number of piperidine rings is 1. The lowest BCUT2D eigenvalue weighted by molar-refractivity contribution is -0.126. The van der Waals surface area contributed by atoms with E-state index in [1.165, 1.54) is 0 Å². The van der Waals surface area contributed by atoms with Gasteiger partial charge in [-0.1, -0.05) is 61.5 Å².